The Kier molecular flexibility index (Phi) is 7.01. The van der Waals surface area contributed by atoms with Gasteiger partial charge < -0.3 is 15.0 Å². The lowest BCUT2D eigenvalue weighted by molar-refractivity contribution is 0.146. The van der Waals surface area contributed by atoms with Crippen LogP contribution in [-0.2, 0) is 4.74 Å². The first-order valence-electron chi connectivity index (χ1n) is 6.68. The SMILES string of the molecule is COCC(NCCCN1CCCC1)C(C)C. The maximum atomic E-state index is 5.22. The summed E-state index contributed by atoms with van der Waals surface area (Å²) in [7, 11) is 1.78. The highest BCUT2D eigenvalue weighted by Crippen LogP contribution is 2.07. The van der Waals surface area contributed by atoms with Gasteiger partial charge >= 0.3 is 0 Å². The molecule has 1 atom stereocenters. The minimum atomic E-state index is 0.503. The van der Waals surface area contributed by atoms with Gasteiger partial charge in [-0.25, -0.2) is 0 Å². The molecule has 1 aliphatic rings. The molecule has 1 unspecified atom stereocenters. The summed E-state index contributed by atoms with van der Waals surface area (Å²) in [5.74, 6) is 0.645. The summed E-state index contributed by atoms with van der Waals surface area (Å²) in [5, 5.41) is 3.59. The highest BCUT2D eigenvalue weighted by atomic mass is 16.5. The summed E-state index contributed by atoms with van der Waals surface area (Å²) in [6.45, 7) is 10.3. The second kappa shape index (κ2) is 8.04. The second-order valence-electron chi connectivity index (χ2n) is 5.16. The van der Waals surface area contributed by atoms with Gasteiger partial charge in [0, 0.05) is 13.2 Å². The van der Waals surface area contributed by atoms with Gasteiger partial charge in [0.15, 0.2) is 0 Å². The molecule has 0 radical (unpaired) electrons. The van der Waals surface area contributed by atoms with Gasteiger partial charge in [0.1, 0.15) is 0 Å². The van der Waals surface area contributed by atoms with Crippen molar-refractivity contribution in [2.45, 2.75) is 39.2 Å². The van der Waals surface area contributed by atoms with Gasteiger partial charge in [0.25, 0.3) is 0 Å². The molecule has 1 aliphatic heterocycles. The Bertz CT molecular complexity index is 167. The molecule has 96 valence electrons. The molecule has 0 aromatic rings. The van der Waals surface area contributed by atoms with Crippen LogP contribution in [0, 0.1) is 5.92 Å². The normalized spacial score (nSPS) is 19.5. The number of rotatable bonds is 8. The van der Waals surface area contributed by atoms with Crippen LogP contribution in [0.2, 0.25) is 0 Å². The summed E-state index contributed by atoms with van der Waals surface area (Å²) in [4.78, 5) is 2.57. The maximum absolute atomic E-state index is 5.22. The van der Waals surface area contributed by atoms with E-state index in [4.69, 9.17) is 4.74 Å². The number of ether oxygens (including phenoxy) is 1. The van der Waals surface area contributed by atoms with Crippen LogP contribution in [0.1, 0.15) is 33.1 Å². The average Bonchev–Trinajstić information content (AvgIpc) is 2.75. The van der Waals surface area contributed by atoms with Crippen LogP contribution < -0.4 is 5.32 Å². The van der Waals surface area contributed by atoms with Gasteiger partial charge in [-0.05, 0) is 51.4 Å². The van der Waals surface area contributed by atoms with Crippen LogP contribution in [-0.4, -0.2) is 50.8 Å². The Hall–Kier alpha value is -0.120. The standard InChI is InChI=1S/C13H28N2O/c1-12(2)13(11-16-3)14-7-6-10-15-8-4-5-9-15/h12-14H,4-11H2,1-3H3. The van der Waals surface area contributed by atoms with E-state index in [2.05, 4.69) is 24.1 Å². The smallest absolute Gasteiger partial charge is 0.0618 e. The molecular formula is C13H28N2O. The van der Waals surface area contributed by atoms with E-state index in [0.717, 1.165) is 13.2 Å². The number of methoxy groups -OCH3 is 1. The largest absolute Gasteiger partial charge is 0.383 e. The maximum Gasteiger partial charge on any atom is 0.0618 e. The van der Waals surface area contributed by atoms with Crippen molar-refractivity contribution in [3.8, 4) is 0 Å². The minimum Gasteiger partial charge on any atom is -0.383 e. The van der Waals surface area contributed by atoms with Crippen LogP contribution >= 0.6 is 0 Å². The summed E-state index contributed by atoms with van der Waals surface area (Å²) < 4.78 is 5.22. The molecule has 0 saturated carbocycles. The van der Waals surface area contributed by atoms with Gasteiger partial charge in [-0.1, -0.05) is 13.8 Å². The van der Waals surface area contributed by atoms with Gasteiger partial charge in [-0.3, -0.25) is 0 Å². The number of hydrogen-bond acceptors (Lipinski definition) is 3. The van der Waals surface area contributed by atoms with Gasteiger partial charge in [-0.2, -0.15) is 0 Å². The summed E-state index contributed by atoms with van der Waals surface area (Å²) >= 11 is 0. The first kappa shape index (κ1) is 13.9. The Morgan fingerprint density at radius 2 is 1.94 bits per heavy atom. The van der Waals surface area contributed by atoms with Gasteiger partial charge in [-0.15, -0.1) is 0 Å². The van der Waals surface area contributed by atoms with Crippen molar-refractivity contribution in [1.82, 2.24) is 10.2 Å². The summed E-state index contributed by atoms with van der Waals surface area (Å²) in [5.41, 5.74) is 0. The third-order valence-electron chi connectivity index (χ3n) is 3.41. The van der Waals surface area contributed by atoms with Gasteiger partial charge in [0.05, 0.1) is 6.61 Å². The highest BCUT2D eigenvalue weighted by Gasteiger charge is 2.13. The quantitative estimate of drug-likeness (QED) is 0.640. The summed E-state index contributed by atoms with van der Waals surface area (Å²) in [6.07, 6.45) is 4.05. The predicted octanol–water partition coefficient (Wildman–Crippen LogP) is 1.73. The van der Waals surface area contributed by atoms with Crippen LogP contribution in [0.15, 0.2) is 0 Å². The van der Waals surface area contributed by atoms with Crippen molar-refractivity contribution >= 4 is 0 Å². The first-order valence-corrected chi connectivity index (χ1v) is 6.68. The second-order valence-corrected chi connectivity index (χ2v) is 5.16. The van der Waals surface area contributed by atoms with Crippen molar-refractivity contribution in [3.63, 3.8) is 0 Å². The van der Waals surface area contributed by atoms with Gasteiger partial charge in [0.2, 0.25) is 0 Å². The van der Waals surface area contributed by atoms with Crippen LogP contribution in [0.4, 0.5) is 0 Å². The monoisotopic (exact) mass is 228 g/mol. The zero-order chi connectivity index (χ0) is 11.8. The van der Waals surface area contributed by atoms with E-state index in [9.17, 15) is 0 Å². The number of hydrogen-bond donors (Lipinski definition) is 1. The van der Waals surface area contributed by atoms with Crippen molar-refractivity contribution < 1.29 is 4.74 Å². The van der Waals surface area contributed by atoms with E-state index >= 15 is 0 Å². The molecule has 1 heterocycles. The fourth-order valence-electron chi connectivity index (χ4n) is 2.26. The number of nitrogens with one attached hydrogen (secondary N) is 1. The number of nitrogens with zero attached hydrogens (tertiary/aromatic N) is 1. The molecule has 16 heavy (non-hydrogen) atoms. The van der Waals surface area contributed by atoms with Crippen LogP contribution in [0.5, 0.6) is 0 Å². The van der Waals surface area contributed by atoms with Crippen molar-refractivity contribution in [1.29, 1.82) is 0 Å². The Morgan fingerprint density at radius 3 is 2.50 bits per heavy atom. The van der Waals surface area contributed by atoms with E-state index in [1.165, 1.54) is 38.9 Å². The van der Waals surface area contributed by atoms with Crippen LogP contribution in [0.3, 0.4) is 0 Å². The molecule has 0 spiro atoms. The molecule has 1 N–H and O–H groups in total. The fraction of sp³-hybridized carbons (Fsp3) is 1.00. The zero-order valence-corrected chi connectivity index (χ0v) is 11.2. The average molecular weight is 228 g/mol. The number of likely N-dealkylation sites (tertiary alicyclic amines) is 1. The van der Waals surface area contributed by atoms with E-state index in [0.29, 0.717) is 12.0 Å². The molecule has 0 aliphatic carbocycles. The highest BCUT2D eigenvalue weighted by molar-refractivity contribution is 4.71. The fourth-order valence-corrected chi connectivity index (χ4v) is 2.26. The zero-order valence-electron chi connectivity index (χ0n) is 11.2. The minimum absolute atomic E-state index is 0.503. The molecule has 3 heteroatoms. The topological polar surface area (TPSA) is 24.5 Å². The van der Waals surface area contributed by atoms with Crippen molar-refractivity contribution in [3.05, 3.63) is 0 Å². The van der Waals surface area contributed by atoms with Crippen LogP contribution in [0.25, 0.3) is 0 Å². The molecule has 1 saturated heterocycles. The Morgan fingerprint density at radius 1 is 1.25 bits per heavy atom. The third kappa shape index (κ3) is 5.28. The molecule has 3 nitrogen and oxygen atoms in total. The summed E-state index contributed by atoms with van der Waals surface area (Å²) in [6, 6.07) is 0.503. The predicted molar refractivity (Wildman–Crippen MR) is 68.8 cm³/mol. The van der Waals surface area contributed by atoms with Crippen molar-refractivity contribution in [2.24, 2.45) is 5.92 Å². The molecule has 0 bridgehead atoms. The third-order valence-corrected chi connectivity index (χ3v) is 3.41. The van der Waals surface area contributed by atoms with E-state index < -0.39 is 0 Å². The Balaban J connectivity index is 2.03. The van der Waals surface area contributed by atoms with Crippen molar-refractivity contribution in [2.75, 3.05) is 39.9 Å². The lowest BCUT2D eigenvalue weighted by atomic mass is 10.1. The molecule has 1 rings (SSSR count). The lowest BCUT2D eigenvalue weighted by Crippen LogP contribution is -2.39. The molecule has 1 fully saturated rings. The Labute approximate surface area is 101 Å². The molecule has 0 aromatic carbocycles. The van der Waals surface area contributed by atoms with E-state index in [1.807, 2.05) is 0 Å². The molecular weight excluding hydrogens is 200 g/mol. The van der Waals surface area contributed by atoms with E-state index in [-0.39, 0.29) is 0 Å². The van der Waals surface area contributed by atoms with E-state index in [1.54, 1.807) is 7.11 Å². The molecule has 0 amide bonds. The molecule has 0 aromatic heterocycles. The lowest BCUT2D eigenvalue weighted by Gasteiger charge is -2.22. The first-order chi connectivity index (χ1) is 7.74.